The van der Waals surface area contributed by atoms with Crippen LogP contribution in [0.3, 0.4) is 0 Å². The Bertz CT molecular complexity index is 1320. The molecule has 0 amide bonds. The van der Waals surface area contributed by atoms with E-state index in [2.05, 4.69) is 30.4 Å². The van der Waals surface area contributed by atoms with Gasteiger partial charge in [-0.3, -0.25) is 9.78 Å². The molecule has 0 spiro atoms. The van der Waals surface area contributed by atoms with E-state index >= 15 is 0 Å². The molecule has 0 saturated carbocycles. The van der Waals surface area contributed by atoms with E-state index in [4.69, 9.17) is 21.3 Å². The van der Waals surface area contributed by atoms with Crippen molar-refractivity contribution in [2.75, 3.05) is 37.9 Å². The Balaban J connectivity index is 1.83. The molecule has 4 rings (SSSR count). The van der Waals surface area contributed by atoms with Gasteiger partial charge in [0.05, 0.1) is 41.2 Å². The van der Waals surface area contributed by atoms with Crippen LogP contribution in [0.5, 0.6) is 5.75 Å². The van der Waals surface area contributed by atoms with Gasteiger partial charge in [-0.25, -0.2) is 13.1 Å². The first-order chi connectivity index (χ1) is 15.9. The fourth-order valence-electron chi connectivity index (χ4n) is 4.45. The standard InChI is InChI=1S/C25H30ClN3O4S/c1-25(2,3)18-10-17(16-8-6-7-9-20(16)30)23-21(24(18)33-4)22(26)19(12-27-23)29-13-15(14-29)11-28-34(5,31)32/h6-8,10,12,15,28H,9,11,13-14H2,1-5H3. The van der Waals surface area contributed by atoms with Crippen LogP contribution < -0.4 is 14.4 Å². The Morgan fingerprint density at radius 1 is 1.29 bits per heavy atom. The summed E-state index contributed by atoms with van der Waals surface area (Å²) < 4.78 is 31.2. The molecular weight excluding hydrogens is 474 g/mol. The predicted molar refractivity (Wildman–Crippen MR) is 137 cm³/mol. The molecule has 0 unspecified atom stereocenters. The number of ether oxygens (including phenoxy) is 1. The topological polar surface area (TPSA) is 88.6 Å². The third-order valence-electron chi connectivity index (χ3n) is 6.25. The lowest BCUT2D eigenvalue weighted by atomic mass is 9.82. The van der Waals surface area contributed by atoms with Gasteiger partial charge >= 0.3 is 0 Å². The van der Waals surface area contributed by atoms with Crippen molar-refractivity contribution in [1.82, 2.24) is 9.71 Å². The highest BCUT2D eigenvalue weighted by Crippen LogP contribution is 2.46. The zero-order chi connectivity index (χ0) is 24.8. The maximum Gasteiger partial charge on any atom is 0.208 e. The number of benzene rings is 1. The Labute approximate surface area is 205 Å². The first-order valence-electron chi connectivity index (χ1n) is 11.2. The molecule has 2 aliphatic rings. The highest BCUT2D eigenvalue weighted by Gasteiger charge is 2.32. The summed E-state index contributed by atoms with van der Waals surface area (Å²) in [7, 11) is -1.60. The van der Waals surface area contributed by atoms with E-state index in [0.717, 1.165) is 23.1 Å². The largest absolute Gasteiger partial charge is 0.496 e. The number of anilines is 1. The number of sulfonamides is 1. The summed E-state index contributed by atoms with van der Waals surface area (Å²) in [5, 5.41) is 1.20. The molecular formula is C25H30ClN3O4S. The second kappa shape index (κ2) is 8.98. The summed E-state index contributed by atoms with van der Waals surface area (Å²) in [5.41, 5.74) is 3.45. The molecule has 0 radical (unpaired) electrons. The number of nitrogens with zero attached hydrogens (tertiary/aromatic N) is 2. The van der Waals surface area contributed by atoms with E-state index in [1.807, 2.05) is 24.3 Å². The molecule has 2 heterocycles. The number of halogens is 1. The molecule has 7 nitrogen and oxygen atoms in total. The minimum Gasteiger partial charge on any atom is -0.496 e. The van der Waals surface area contributed by atoms with Gasteiger partial charge in [-0.05, 0) is 11.5 Å². The van der Waals surface area contributed by atoms with Crippen molar-refractivity contribution >= 4 is 49.6 Å². The van der Waals surface area contributed by atoms with Gasteiger partial charge < -0.3 is 9.64 Å². The minimum absolute atomic E-state index is 0.0415. The van der Waals surface area contributed by atoms with E-state index in [0.29, 0.717) is 53.3 Å². The third kappa shape index (κ3) is 4.72. The average Bonchev–Trinajstić information content (AvgIpc) is 2.71. The molecule has 2 aromatic rings. The molecule has 1 fully saturated rings. The van der Waals surface area contributed by atoms with Crippen LogP contribution in [0.1, 0.15) is 38.3 Å². The summed E-state index contributed by atoms with van der Waals surface area (Å²) in [6.45, 7) is 8.00. The van der Waals surface area contributed by atoms with Crippen molar-refractivity contribution < 1.29 is 17.9 Å². The van der Waals surface area contributed by atoms with Crippen LogP contribution in [0.4, 0.5) is 5.69 Å². The number of aromatic nitrogens is 1. The zero-order valence-electron chi connectivity index (χ0n) is 20.1. The van der Waals surface area contributed by atoms with Gasteiger partial charge in [0.25, 0.3) is 0 Å². The van der Waals surface area contributed by atoms with Gasteiger partial charge in [0.2, 0.25) is 10.0 Å². The van der Waals surface area contributed by atoms with E-state index < -0.39 is 10.0 Å². The number of hydrogen-bond donors (Lipinski definition) is 1. The quantitative estimate of drug-likeness (QED) is 0.638. The molecule has 1 aliphatic heterocycles. The van der Waals surface area contributed by atoms with Crippen molar-refractivity contribution in [2.45, 2.75) is 32.6 Å². The molecule has 1 aliphatic carbocycles. The molecule has 9 heteroatoms. The molecule has 1 aromatic heterocycles. The Morgan fingerprint density at radius 3 is 2.59 bits per heavy atom. The van der Waals surface area contributed by atoms with Crippen molar-refractivity contribution in [3.05, 3.63) is 46.6 Å². The zero-order valence-corrected chi connectivity index (χ0v) is 21.7. The number of carbonyl (C=O) groups excluding carboxylic acids is 1. The Kier molecular flexibility index (Phi) is 6.52. The number of hydrogen-bond acceptors (Lipinski definition) is 6. The maximum atomic E-state index is 12.8. The first-order valence-corrected chi connectivity index (χ1v) is 13.5. The Hall–Kier alpha value is -2.42. The van der Waals surface area contributed by atoms with Crippen LogP contribution in [-0.2, 0) is 20.2 Å². The number of Topliss-reactive ketones (excluding diaryl/α,β-unsaturated/α-hetero) is 1. The molecule has 1 saturated heterocycles. The molecule has 0 atom stereocenters. The molecule has 34 heavy (non-hydrogen) atoms. The summed E-state index contributed by atoms with van der Waals surface area (Å²) in [4.78, 5) is 19.6. The van der Waals surface area contributed by atoms with E-state index in [-0.39, 0.29) is 17.1 Å². The summed E-state index contributed by atoms with van der Waals surface area (Å²) >= 11 is 7.01. The number of rotatable bonds is 6. The molecule has 1 N–H and O–H groups in total. The smallest absolute Gasteiger partial charge is 0.208 e. The normalized spacial score (nSPS) is 17.2. The number of nitrogens with one attached hydrogen (secondary N) is 1. The number of fused-ring (bicyclic) bond motifs is 1. The number of allylic oxidation sites excluding steroid dienone is 4. The van der Waals surface area contributed by atoms with Crippen molar-refractivity contribution in [3.8, 4) is 5.75 Å². The number of ketones is 1. The lowest BCUT2D eigenvalue weighted by Gasteiger charge is -2.41. The fraction of sp³-hybridized carbons (Fsp3) is 0.440. The second-order valence-corrected chi connectivity index (χ2v) is 12.2. The predicted octanol–water partition coefficient (Wildman–Crippen LogP) is 4.09. The van der Waals surface area contributed by atoms with E-state index in [1.165, 1.54) is 0 Å². The average molecular weight is 504 g/mol. The van der Waals surface area contributed by atoms with Gasteiger partial charge in [-0.1, -0.05) is 50.6 Å². The van der Waals surface area contributed by atoms with E-state index in [1.54, 1.807) is 13.3 Å². The lowest BCUT2D eigenvalue weighted by Crippen LogP contribution is -2.51. The molecule has 182 valence electrons. The SMILES string of the molecule is COc1c(C(C)(C)C)cc(C2=CC=CCC2=O)c2ncc(N3CC(CNS(C)(=O)=O)C3)c(Cl)c12. The van der Waals surface area contributed by atoms with Crippen LogP contribution in [0, 0.1) is 5.92 Å². The third-order valence-corrected chi connectivity index (χ3v) is 7.32. The molecule has 0 bridgehead atoms. The summed E-state index contributed by atoms with van der Waals surface area (Å²) in [6, 6.07) is 2.00. The van der Waals surface area contributed by atoms with Crippen molar-refractivity contribution in [2.24, 2.45) is 5.92 Å². The molecule has 1 aromatic carbocycles. The van der Waals surface area contributed by atoms with Crippen LogP contribution >= 0.6 is 11.6 Å². The van der Waals surface area contributed by atoms with Gasteiger partial charge in [0.15, 0.2) is 5.78 Å². The van der Waals surface area contributed by atoms with Crippen LogP contribution in [0.25, 0.3) is 16.5 Å². The number of methoxy groups -OCH3 is 1. The maximum absolute atomic E-state index is 12.8. The fourth-order valence-corrected chi connectivity index (χ4v) is 5.33. The monoisotopic (exact) mass is 503 g/mol. The summed E-state index contributed by atoms with van der Waals surface area (Å²) in [5.74, 6) is 0.886. The van der Waals surface area contributed by atoms with Crippen LogP contribution in [0.15, 0.2) is 30.5 Å². The van der Waals surface area contributed by atoms with Crippen LogP contribution in [-0.4, -0.2) is 52.2 Å². The second-order valence-electron chi connectivity index (χ2n) is 9.96. The lowest BCUT2D eigenvalue weighted by molar-refractivity contribution is -0.113. The highest BCUT2D eigenvalue weighted by atomic mass is 35.5. The van der Waals surface area contributed by atoms with Gasteiger partial charge in [0.1, 0.15) is 5.75 Å². The van der Waals surface area contributed by atoms with Gasteiger partial charge in [-0.2, -0.15) is 0 Å². The number of carbonyl (C=O) groups is 1. The Morgan fingerprint density at radius 2 is 2.00 bits per heavy atom. The highest BCUT2D eigenvalue weighted by molar-refractivity contribution is 7.88. The minimum atomic E-state index is -3.22. The first kappa shape index (κ1) is 24.7. The van der Waals surface area contributed by atoms with Gasteiger partial charge in [0, 0.05) is 48.7 Å². The number of pyridine rings is 1. The van der Waals surface area contributed by atoms with E-state index in [9.17, 15) is 13.2 Å². The van der Waals surface area contributed by atoms with Crippen molar-refractivity contribution in [3.63, 3.8) is 0 Å². The summed E-state index contributed by atoms with van der Waals surface area (Å²) in [6.07, 6.45) is 8.81. The van der Waals surface area contributed by atoms with Crippen LogP contribution in [0.2, 0.25) is 5.02 Å². The van der Waals surface area contributed by atoms with Crippen molar-refractivity contribution in [1.29, 1.82) is 0 Å². The van der Waals surface area contributed by atoms with Gasteiger partial charge in [-0.15, -0.1) is 0 Å².